The van der Waals surface area contributed by atoms with Gasteiger partial charge in [0, 0.05) is 32.7 Å². The summed E-state index contributed by atoms with van der Waals surface area (Å²) in [7, 11) is 0. The number of amides is 1. The Kier molecular flexibility index (Phi) is 3.89. The number of likely N-dealkylation sites (tertiary alicyclic amines) is 2. The second-order valence-electron chi connectivity index (χ2n) is 6.18. The molecule has 0 aliphatic carbocycles. The number of aromatic nitrogens is 1. The van der Waals surface area contributed by atoms with Gasteiger partial charge in [0.15, 0.2) is 0 Å². The van der Waals surface area contributed by atoms with Gasteiger partial charge in [0.05, 0.1) is 17.7 Å². The molecule has 2 aliphatic rings. The summed E-state index contributed by atoms with van der Waals surface area (Å²) in [6.45, 7) is 6.46. The second-order valence-corrected chi connectivity index (χ2v) is 6.18. The largest absolute Gasteiger partial charge is 0.336 e. The minimum absolute atomic E-state index is 0.0280. The van der Waals surface area contributed by atoms with Gasteiger partial charge in [-0.1, -0.05) is 13.0 Å². The van der Waals surface area contributed by atoms with Crippen molar-refractivity contribution in [3.8, 4) is 6.07 Å². The zero-order valence-corrected chi connectivity index (χ0v) is 12.3. The lowest BCUT2D eigenvalue weighted by atomic mass is 10.0. The fourth-order valence-corrected chi connectivity index (χ4v) is 3.09. The van der Waals surface area contributed by atoms with Crippen molar-refractivity contribution < 1.29 is 4.79 Å². The minimum atomic E-state index is -0.0495. The van der Waals surface area contributed by atoms with E-state index in [1.165, 1.54) is 0 Å². The van der Waals surface area contributed by atoms with Crippen LogP contribution < -0.4 is 0 Å². The third kappa shape index (κ3) is 3.06. The lowest BCUT2D eigenvalue weighted by Gasteiger charge is -2.36. The number of rotatable bonds is 3. The van der Waals surface area contributed by atoms with Crippen LogP contribution in [0.3, 0.4) is 0 Å². The SMILES string of the molecule is CC1CN(Cc2cccc(C(=O)N3CCC(C#N)C3)n2)C1. The number of hydrogen-bond acceptors (Lipinski definition) is 4. The Morgan fingerprint density at radius 2 is 2.24 bits per heavy atom. The molecule has 2 aliphatic heterocycles. The van der Waals surface area contributed by atoms with E-state index in [9.17, 15) is 4.79 Å². The zero-order chi connectivity index (χ0) is 14.8. The molecule has 0 saturated carbocycles. The first-order valence-electron chi connectivity index (χ1n) is 7.53. The van der Waals surface area contributed by atoms with Gasteiger partial charge >= 0.3 is 0 Å². The third-order valence-corrected chi connectivity index (χ3v) is 4.21. The fourth-order valence-electron chi connectivity index (χ4n) is 3.09. The van der Waals surface area contributed by atoms with Gasteiger partial charge in [0.1, 0.15) is 5.69 Å². The molecule has 1 aromatic rings. The molecule has 1 amide bonds. The molecular formula is C16H20N4O. The van der Waals surface area contributed by atoms with Gasteiger partial charge in [-0.2, -0.15) is 5.26 Å². The Hall–Kier alpha value is -1.93. The Morgan fingerprint density at radius 3 is 2.90 bits per heavy atom. The summed E-state index contributed by atoms with van der Waals surface area (Å²) >= 11 is 0. The molecule has 1 unspecified atom stereocenters. The van der Waals surface area contributed by atoms with Crippen LogP contribution in [-0.2, 0) is 6.54 Å². The molecule has 0 aromatic carbocycles. The van der Waals surface area contributed by atoms with Crippen molar-refractivity contribution in [3.63, 3.8) is 0 Å². The average Bonchev–Trinajstić information content (AvgIpc) is 2.94. The Morgan fingerprint density at radius 1 is 1.43 bits per heavy atom. The highest BCUT2D eigenvalue weighted by Gasteiger charge is 2.28. The standard InChI is InChI=1S/C16H20N4O/c1-12-8-19(9-12)11-14-3-2-4-15(18-14)16(21)20-6-5-13(7-17)10-20/h2-4,12-13H,5-6,8-11H2,1H3. The maximum absolute atomic E-state index is 12.4. The number of carbonyl (C=O) groups is 1. The summed E-state index contributed by atoms with van der Waals surface area (Å²) < 4.78 is 0. The lowest BCUT2D eigenvalue weighted by Crippen LogP contribution is -2.44. The van der Waals surface area contributed by atoms with Crippen molar-refractivity contribution in [2.24, 2.45) is 11.8 Å². The third-order valence-electron chi connectivity index (χ3n) is 4.21. The fraction of sp³-hybridized carbons (Fsp3) is 0.562. The number of hydrogen-bond donors (Lipinski definition) is 0. The first kappa shape index (κ1) is 14.0. The molecule has 2 saturated heterocycles. The van der Waals surface area contributed by atoms with Crippen LogP contribution in [0, 0.1) is 23.2 Å². The van der Waals surface area contributed by atoms with E-state index in [0.29, 0.717) is 18.8 Å². The van der Waals surface area contributed by atoms with Gasteiger partial charge in [-0.15, -0.1) is 0 Å². The van der Waals surface area contributed by atoms with Crippen molar-refractivity contribution >= 4 is 5.91 Å². The molecule has 1 aromatic heterocycles. The van der Waals surface area contributed by atoms with Crippen LogP contribution in [0.25, 0.3) is 0 Å². The smallest absolute Gasteiger partial charge is 0.272 e. The quantitative estimate of drug-likeness (QED) is 0.844. The molecule has 110 valence electrons. The predicted octanol–water partition coefficient (Wildman–Crippen LogP) is 1.52. The summed E-state index contributed by atoms with van der Waals surface area (Å²) in [5.74, 6) is 0.689. The van der Waals surface area contributed by atoms with Gasteiger partial charge in [-0.25, -0.2) is 4.98 Å². The van der Waals surface area contributed by atoms with Gasteiger partial charge < -0.3 is 4.90 Å². The summed E-state index contributed by atoms with van der Waals surface area (Å²) in [5, 5.41) is 8.93. The van der Waals surface area contributed by atoms with E-state index < -0.39 is 0 Å². The number of pyridine rings is 1. The van der Waals surface area contributed by atoms with Gasteiger partial charge in [-0.3, -0.25) is 9.69 Å². The zero-order valence-electron chi connectivity index (χ0n) is 12.3. The normalized spacial score (nSPS) is 22.9. The van der Waals surface area contributed by atoms with Gasteiger partial charge in [0.25, 0.3) is 5.91 Å². The second kappa shape index (κ2) is 5.82. The molecular weight excluding hydrogens is 264 g/mol. The van der Waals surface area contributed by atoms with Gasteiger partial charge in [0.2, 0.25) is 0 Å². The first-order valence-corrected chi connectivity index (χ1v) is 7.53. The Labute approximate surface area is 125 Å². The Balaban J connectivity index is 1.65. The van der Waals surface area contributed by atoms with E-state index in [4.69, 9.17) is 5.26 Å². The summed E-state index contributed by atoms with van der Waals surface area (Å²) in [6.07, 6.45) is 0.771. The van der Waals surface area contributed by atoms with E-state index in [-0.39, 0.29) is 11.8 Å². The van der Waals surface area contributed by atoms with Crippen molar-refractivity contribution in [2.45, 2.75) is 19.9 Å². The van der Waals surface area contributed by atoms with Crippen LogP contribution in [0.4, 0.5) is 0 Å². The van der Waals surface area contributed by atoms with Crippen LogP contribution in [0.2, 0.25) is 0 Å². The minimum Gasteiger partial charge on any atom is -0.336 e. The highest BCUT2D eigenvalue weighted by Crippen LogP contribution is 2.19. The summed E-state index contributed by atoms with van der Waals surface area (Å²) in [5.41, 5.74) is 1.45. The van der Waals surface area contributed by atoms with Gasteiger partial charge in [-0.05, 0) is 24.5 Å². The first-order chi connectivity index (χ1) is 10.2. The molecule has 3 heterocycles. The van der Waals surface area contributed by atoms with E-state index in [2.05, 4.69) is 22.9 Å². The number of carbonyl (C=O) groups excluding carboxylic acids is 1. The van der Waals surface area contributed by atoms with Crippen molar-refractivity contribution in [3.05, 3.63) is 29.6 Å². The van der Waals surface area contributed by atoms with Crippen LogP contribution in [0.15, 0.2) is 18.2 Å². The van der Waals surface area contributed by atoms with Crippen molar-refractivity contribution in [1.29, 1.82) is 5.26 Å². The molecule has 0 bridgehead atoms. The molecule has 0 N–H and O–H groups in total. The van der Waals surface area contributed by atoms with Crippen LogP contribution in [-0.4, -0.2) is 46.9 Å². The topological polar surface area (TPSA) is 60.2 Å². The van der Waals surface area contributed by atoms with Crippen molar-refractivity contribution in [1.82, 2.24) is 14.8 Å². The summed E-state index contributed by atoms with van der Waals surface area (Å²) in [6, 6.07) is 7.88. The molecule has 5 heteroatoms. The molecule has 2 fully saturated rings. The van der Waals surface area contributed by atoms with E-state index in [0.717, 1.165) is 37.7 Å². The average molecular weight is 284 g/mol. The molecule has 0 radical (unpaired) electrons. The predicted molar refractivity (Wildman–Crippen MR) is 78.3 cm³/mol. The van der Waals surface area contributed by atoms with E-state index in [1.54, 1.807) is 11.0 Å². The molecule has 5 nitrogen and oxygen atoms in total. The van der Waals surface area contributed by atoms with Crippen LogP contribution in [0.1, 0.15) is 29.5 Å². The molecule has 21 heavy (non-hydrogen) atoms. The highest BCUT2D eigenvalue weighted by atomic mass is 16.2. The van der Waals surface area contributed by atoms with Crippen LogP contribution >= 0.6 is 0 Å². The van der Waals surface area contributed by atoms with Crippen molar-refractivity contribution in [2.75, 3.05) is 26.2 Å². The van der Waals surface area contributed by atoms with E-state index in [1.807, 2.05) is 12.1 Å². The Bertz CT molecular complexity index is 574. The molecule has 3 rings (SSSR count). The van der Waals surface area contributed by atoms with Crippen LogP contribution in [0.5, 0.6) is 0 Å². The summed E-state index contributed by atoms with van der Waals surface area (Å²) in [4.78, 5) is 21.0. The maximum Gasteiger partial charge on any atom is 0.272 e. The molecule has 0 spiro atoms. The number of nitriles is 1. The highest BCUT2D eigenvalue weighted by molar-refractivity contribution is 5.92. The monoisotopic (exact) mass is 284 g/mol. The maximum atomic E-state index is 12.4. The number of nitrogens with zero attached hydrogens (tertiary/aromatic N) is 4. The molecule has 1 atom stereocenters. The lowest BCUT2D eigenvalue weighted by molar-refractivity contribution is 0.0781. The van der Waals surface area contributed by atoms with E-state index >= 15 is 0 Å².